The second-order valence-corrected chi connectivity index (χ2v) is 2.63. The lowest BCUT2D eigenvalue weighted by molar-refractivity contribution is -0.150. The fraction of sp³-hybridized carbons (Fsp3) is 0.500. The molecule has 1 amide bonds. The normalized spacial score (nSPS) is 14.7. The molecule has 4 N–H and O–H groups in total. The van der Waals surface area contributed by atoms with E-state index in [1.807, 2.05) is 0 Å². The first-order valence-corrected chi connectivity index (χ1v) is 3.57. The van der Waals surface area contributed by atoms with E-state index in [0.29, 0.717) is 0 Å². The first-order chi connectivity index (χ1) is 5.44. The van der Waals surface area contributed by atoms with Crippen LogP contribution in [-0.2, 0) is 13.8 Å². The minimum atomic E-state index is -2.39. The molecule has 1 unspecified atom stereocenters. The van der Waals surface area contributed by atoms with Crippen molar-refractivity contribution in [3.8, 4) is 0 Å². The number of hydrogen-bond acceptors (Lipinski definition) is 7. The molecule has 0 rings (SSSR count). The van der Waals surface area contributed by atoms with Crippen LogP contribution < -0.4 is 11.1 Å². The monoisotopic (exact) mass is 212 g/mol. The maximum absolute atomic E-state index is 10.6. The van der Waals surface area contributed by atoms with E-state index < -0.39 is 16.9 Å². The molecule has 0 radical (unpaired) electrons. The maximum Gasteiger partial charge on any atom is 0.382 e. The van der Waals surface area contributed by atoms with Gasteiger partial charge in [-0.3, -0.25) is 4.79 Å². The van der Waals surface area contributed by atoms with Crippen LogP contribution in [0.4, 0.5) is 0 Å². The van der Waals surface area contributed by atoms with E-state index >= 15 is 0 Å². The first kappa shape index (κ1) is 11.6. The Morgan fingerprint density at radius 2 is 2.17 bits per heavy atom. The zero-order valence-electron chi connectivity index (χ0n) is 5.85. The molecule has 0 aromatic rings. The molecule has 0 aromatic carbocycles. The lowest BCUT2D eigenvalue weighted by atomic mass is 10.5. The highest BCUT2D eigenvalue weighted by Gasteiger charge is 2.34. The summed E-state index contributed by atoms with van der Waals surface area (Å²) >= 11 is 6.52. The quantitative estimate of drug-likeness (QED) is 0.212. The van der Waals surface area contributed by atoms with Crippen LogP contribution in [0.5, 0.6) is 0 Å². The van der Waals surface area contributed by atoms with Crippen LogP contribution in [0.1, 0.15) is 0 Å². The summed E-state index contributed by atoms with van der Waals surface area (Å²) in [6.45, 7) is -0.372. The number of carbonyl (C=O) groups is 2. The lowest BCUT2D eigenvalue weighted by Crippen LogP contribution is -2.52. The van der Waals surface area contributed by atoms with Crippen molar-refractivity contribution in [2.24, 2.45) is 5.73 Å². The topological polar surface area (TPSA) is 102 Å². The Bertz CT molecular complexity index is 195. The van der Waals surface area contributed by atoms with Gasteiger partial charge in [0.1, 0.15) is 0 Å². The Morgan fingerprint density at radius 3 is 2.50 bits per heavy atom. The van der Waals surface area contributed by atoms with Gasteiger partial charge in [0.15, 0.2) is 0 Å². The van der Waals surface area contributed by atoms with Crippen LogP contribution in [0, 0.1) is 0 Å². The van der Waals surface area contributed by atoms with Crippen LogP contribution in [0.2, 0.25) is 0 Å². The molecule has 6 nitrogen and oxygen atoms in total. The summed E-state index contributed by atoms with van der Waals surface area (Å²) in [6.07, 6.45) is 0. The summed E-state index contributed by atoms with van der Waals surface area (Å²) in [7, 11) is 0. The molecule has 0 aromatic heterocycles. The fourth-order valence-electron chi connectivity index (χ4n) is 0.360. The fourth-order valence-corrected chi connectivity index (χ4v) is 0.735. The van der Waals surface area contributed by atoms with Gasteiger partial charge >= 0.3 is 5.97 Å². The Hall–Kier alpha value is -0.440. The molecule has 0 fully saturated rings. The van der Waals surface area contributed by atoms with Crippen molar-refractivity contribution < 1.29 is 18.9 Å². The van der Waals surface area contributed by atoms with E-state index in [0.717, 1.165) is 0 Å². The van der Waals surface area contributed by atoms with Crippen molar-refractivity contribution in [3.05, 3.63) is 0 Å². The number of thiol groups is 2. The molecule has 70 valence electrons. The van der Waals surface area contributed by atoms with Crippen molar-refractivity contribution in [3.63, 3.8) is 0 Å². The summed E-state index contributed by atoms with van der Waals surface area (Å²) in [5.41, 5.74) is 4.89. The molecule has 0 heterocycles. The van der Waals surface area contributed by atoms with Gasteiger partial charge in [-0.25, -0.2) is 4.79 Å². The predicted octanol–water partition coefficient (Wildman–Crippen LogP) is -1.97. The van der Waals surface area contributed by atoms with E-state index in [1.54, 1.807) is 5.32 Å². The molecule has 0 bridgehead atoms. The maximum atomic E-state index is 10.6. The summed E-state index contributed by atoms with van der Waals surface area (Å²) in [4.78, 5) is 21.2. The number of rotatable bonds is 3. The molecule has 12 heavy (non-hydrogen) atoms. The average Bonchev–Trinajstić information content (AvgIpc) is 2.02. The van der Waals surface area contributed by atoms with Gasteiger partial charge in [0, 0.05) is 12.9 Å². The molecule has 0 aliphatic rings. The van der Waals surface area contributed by atoms with Crippen LogP contribution in [0.3, 0.4) is 0 Å². The van der Waals surface area contributed by atoms with Crippen LogP contribution in [0.25, 0.3) is 0 Å². The third kappa shape index (κ3) is 3.30. The molecule has 0 aliphatic carbocycles. The third-order valence-corrected chi connectivity index (χ3v) is 1.33. The highest BCUT2D eigenvalue weighted by molar-refractivity contribution is 7.82. The highest BCUT2D eigenvalue weighted by Crippen LogP contribution is 2.08. The Morgan fingerprint density at radius 1 is 1.67 bits per heavy atom. The van der Waals surface area contributed by atoms with Gasteiger partial charge < -0.3 is 20.3 Å². The van der Waals surface area contributed by atoms with E-state index in [9.17, 15) is 9.59 Å². The molecule has 0 spiro atoms. The second-order valence-electron chi connectivity index (χ2n) is 1.80. The van der Waals surface area contributed by atoms with Crippen LogP contribution >= 0.6 is 25.5 Å². The van der Waals surface area contributed by atoms with Gasteiger partial charge in [0.25, 0.3) is 5.06 Å². The highest BCUT2D eigenvalue weighted by atomic mass is 32.1. The van der Waals surface area contributed by atoms with Gasteiger partial charge in [0.05, 0.1) is 6.54 Å². The van der Waals surface area contributed by atoms with Crippen molar-refractivity contribution in [1.82, 2.24) is 5.32 Å². The largest absolute Gasteiger partial charge is 0.390 e. The summed E-state index contributed by atoms with van der Waals surface area (Å²) in [6, 6.07) is 0. The minimum absolute atomic E-state index is 0.372. The van der Waals surface area contributed by atoms with Crippen LogP contribution in [0.15, 0.2) is 0 Å². The van der Waals surface area contributed by atoms with E-state index in [2.05, 4.69) is 29.7 Å². The number of amides is 1. The zero-order valence-corrected chi connectivity index (χ0v) is 7.64. The van der Waals surface area contributed by atoms with Gasteiger partial charge in [0.2, 0.25) is 5.91 Å². The number of nitrogens with two attached hydrogens (primary N) is 1. The number of aliphatic hydroxyl groups is 1. The van der Waals surface area contributed by atoms with Crippen molar-refractivity contribution >= 4 is 37.4 Å². The smallest absolute Gasteiger partial charge is 0.382 e. The molecular formula is C4H8N2O4S2. The molecule has 1 atom stereocenters. The van der Waals surface area contributed by atoms with Crippen LogP contribution in [-0.4, -0.2) is 28.6 Å². The number of hydrogen-bond donors (Lipinski definition) is 5. The molecule has 0 saturated heterocycles. The average molecular weight is 212 g/mol. The van der Waals surface area contributed by atoms with Gasteiger partial charge in [-0.1, -0.05) is 0 Å². The Balaban J connectivity index is 4.21. The van der Waals surface area contributed by atoms with Gasteiger partial charge in [-0.2, -0.15) is 0 Å². The molecule has 0 aliphatic heterocycles. The number of carbonyl (C=O) groups excluding carboxylic acids is 2. The molecular weight excluding hydrogens is 204 g/mol. The third-order valence-electron chi connectivity index (χ3n) is 0.867. The van der Waals surface area contributed by atoms with Crippen molar-refractivity contribution in [1.29, 1.82) is 0 Å². The van der Waals surface area contributed by atoms with Gasteiger partial charge in [-0.15, -0.1) is 12.6 Å². The predicted molar refractivity (Wildman–Crippen MR) is 46.2 cm³/mol. The summed E-state index contributed by atoms with van der Waals surface area (Å²) in [5.74, 6) is -1.96. The zero-order chi connectivity index (χ0) is 9.78. The minimum Gasteiger partial charge on any atom is -0.390 e. The molecule has 0 saturated carbocycles. The summed E-state index contributed by atoms with van der Waals surface area (Å²) < 4.78 is 3.83. The standard InChI is InChI=1S/C4H8N2O4S2/c5-1-2(7)6-4(9,11)3(8)10-12/h9,11-12H,1,5H2,(H,6,7). The first-order valence-electron chi connectivity index (χ1n) is 2.75. The van der Waals surface area contributed by atoms with Crippen molar-refractivity contribution in [2.45, 2.75) is 5.06 Å². The Kier molecular flexibility index (Phi) is 4.39. The van der Waals surface area contributed by atoms with E-state index in [4.69, 9.17) is 10.8 Å². The lowest BCUT2D eigenvalue weighted by Gasteiger charge is -2.18. The summed E-state index contributed by atoms with van der Waals surface area (Å²) in [5, 5.41) is 8.44. The molecule has 8 heteroatoms. The van der Waals surface area contributed by atoms with E-state index in [-0.39, 0.29) is 6.54 Å². The van der Waals surface area contributed by atoms with E-state index in [1.165, 1.54) is 0 Å². The number of nitrogens with one attached hydrogen (secondary N) is 1. The Labute approximate surface area is 79.5 Å². The van der Waals surface area contributed by atoms with Crippen molar-refractivity contribution in [2.75, 3.05) is 6.54 Å². The SMILES string of the molecule is NCC(=O)NC(O)(S)C(=O)OS. The van der Waals surface area contributed by atoms with Gasteiger partial charge in [-0.05, 0) is 0 Å². The second kappa shape index (κ2) is 4.55.